The topological polar surface area (TPSA) is 102 Å². The summed E-state index contributed by atoms with van der Waals surface area (Å²) in [6, 6.07) is 10.1. The quantitative estimate of drug-likeness (QED) is 0.677. The van der Waals surface area contributed by atoms with Crippen molar-refractivity contribution in [1.82, 2.24) is 4.31 Å². The second-order valence-corrected chi connectivity index (χ2v) is 10.1. The van der Waals surface area contributed by atoms with Crippen LogP contribution in [0.25, 0.3) is 0 Å². The average molecular weight is 441 g/mol. The number of methoxy groups -OCH3 is 1. The predicted octanol–water partition coefficient (Wildman–Crippen LogP) is 2.68. The number of anilines is 1. The van der Waals surface area contributed by atoms with Crippen molar-refractivity contribution < 1.29 is 26.3 Å². The third-order valence-electron chi connectivity index (χ3n) is 4.56. The maximum Gasteiger partial charge on any atom is 0.262 e. The molecule has 1 heterocycles. The number of nitrogens with one attached hydrogen (secondary N) is 1. The van der Waals surface area contributed by atoms with Crippen LogP contribution in [0.3, 0.4) is 0 Å². The Bertz CT molecular complexity index is 1060. The van der Waals surface area contributed by atoms with Crippen LogP contribution >= 0.6 is 0 Å². The van der Waals surface area contributed by atoms with Crippen molar-refractivity contribution >= 4 is 25.7 Å². The van der Waals surface area contributed by atoms with Crippen molar-refractivity contribution in [3.8, 4) is 11.5 Å². The molecule has 1 N–H and O–H groups in total. The summed E-state index contributed by atoms with van der Waals surface area (Å²) >= 11 is 0. The highest BCUT2D eigenvalue weighted by Gasteiger charge is 2.28. The number of ether oxygens (including phenoxy) is 2. The highest BCUT2D eigenvalue weighted by molar-refractivity contribution is 7.92. The molecule has 0 unspecified atom stereocenters. The van der Waals surface area contributed by atoms with Crippen LogP contribution in [-0.2, 0) is 20.0 Å². The Morgan fingerprint density at radius 1 is 0.966 bits per heavy atom. The Labute approximate surface area is 171 Å². The first-order chi connectivity index (χ1) is 13.8. The molecule has 0 bridgehead atoms. The highest BCUT2D eigenvalue weighted by Crippen LogP contribution is 2.32. The van der Waals surface area contributed by atoms with Crippen LogP contribution in [0.15, 0.2) is 52.3 Å². The molecule has 3 rings (SSSR count). The molecule has 1 aliphatic heterocycles. The fourth-order valence-corrected chi connectivity index (χ4v) is 5.70. The lowest BCUT2D eigenvalue weighted by atomic mass is 10.3. The summed E-state index contributed by atoms with van der Waals surface area (Å²) < 4.78 is 65.6. The molecule has 0 saturated carbocycles. The zero-order valence-corrected chi connectivity index (χ0v) is 17.9. The molecule has 1 aliphatic rings. The number of sulfonamides is 2. The van der Waals surface area contributed by atoms with E-state index in [0.29, 0.717) is 25.4 Å². The van der Waals surface area contributed by atoms with Gasteiger partial charge in [-0.2, -0.15) is 4.31 Å². The molecule has 2 aromatic rings. The van der Waals surface area contributed by atoms with Crippen LogP contribution in [0.5, 0.6) is 11.5 Å². The van der Waals surface area contributed by atoms with E-state index >= 15 is 0 Å². The minimum atomic E-state index is -3.95. The monoisotopic (exact) mass is 440 g/mol. The first kappa shape index (κ1) is 21.4. The fourth-order valence-electron chi connectivity index (χ4n) is 3.09. The first-order valence-electron chi connectivity index (χ1n) is 9.22. The second kappa shape index (κ2) is 8.60. The summed E-state index contributed by atoms with van der Waals surface area (Å²) in [4.78, 5) is 0.0420. The summed E-state index contributed by atoms with van der Waals surface area (Å²) in [6.45, 7) is 3.23. The van der Waals surface area contributed by atoms with E-state index in [2.05, 4.69) is 4.72 Å². The van der Waals surface area contributed by atoms with E-state index in [1.165, 1.54) is 41.7 Å². The first-order valence-corrected chi connectivity index (χ1v) is 12.1. The number of hydrogen-bond acceptors (Lipinski definition) is 6. The molecule has 0 atom stereocenters. The molecular weight excluding hydrogens is 416 g/mol. The van der Waals surface area contributed by atoms with Gasteiger partial charge in [-0.25, -0.2) is 16.8 Å². The second-order valence-electron chi connectivity index (χ2n) is 6.48. The van der Waals surface area contributed by atoms with Crippen molar-refractivity contribution in [3.05, 3.63) is 42.5 Å². The van der Waals surface area contributed by atoms with E-state index in [-0.39, 0.29) is 21.2 Å². The fraction of sp³-hybridized carbons (Fsp3) is 0.368. The van der Waals surface area contributed by atoms with Crippen molar-refractivity contribution in [1.29, 1.82) is 0 Å². The number of rotatable bonds is 8. The van der Waals surface area contributed by atoms with Gasteiger partial charge in [-0.1, -0.05) is 0 Å². The van der Waals surface area contributed by atoms with E-state index in [1.807, 2.05) is 6.92 Å². The van der Waals surface area contributed by atoms with Gasteiger partial charge in [-0.05, 0) is 62.2 Å². The summed E-state index contributed by atoms with van der Waals surface area (Å²) in [6.07, 6.45) is 1.62. The van der Waals surface area contributed by atoms with Crippen LogP contribution in [0, 0.1) is 0 Å². The maximum atomic E-state index is 12.8. The molecule has 8 nitrogen and oxygen atoms in total. The standard InChI is InChI=1S/C19H24N2O6S2/c1-3-27-15-6-8-16(9-7-15)28(22,23)20-18-14-17(10-11-19(18)26-2)29(24,25)21-12-4-5-13-21/h6-11,14,20H,3-5,12-13H2,1-2H3. The third-order valence-corrected chi connectivity index (χ3v) is 7.84. The summed E-state index contributed by atoms with van der Waals surface area (Å²) in [5, 5.41) is 0. The highest BCUT2D eigenvalue weighted by atomic mass is 32.2. The molecule has 0 spiro atoms. The summed E-state index contributed by atoms with van der Waals surface area (Å²) in [7, 11) is -6.26. The molecule has 0 amide bonds. The molecule has 29 heavy (non-hydrogen) atoms. The van der Waals surface area contributed by atoms with E-state index in [9.17, 15) is 16.8 Å². The molecule has 10 heteroatoms. The Hall–Kier alpha value is -2.30. The van der Waals surface area contributed by atoms with Gasteiger partial charge in [0.15, 0.2) is 0 Å². The molecule has 0 aromatic heterocycles. The van der Waals surface area contributed by atoms with E-state index in [4.69, 9.17) is 9.47 Å². The Balaban J connectivity index is 1.92. The van der Waals surface area contributed by atoms with Gasteiger partial charge in [0, 0.05) is 13.1 Å². The predicted molar refractivity (Wildman–Crippen MR) is 109 cm³/mol. The minimum absolute atomic E-state index is 0.0181. The zero-order chi connectivity index (χ0) is 21.1. The SMILES string of the molecule is CCOc1ccc(S(=O)(=O)Nc2cc(S(=O)(=O)N3CCCC3)ccc2OC)cc1. The molecule has 1 fully saturated rings. The Kier molecular flexibility index (Phi) is 6.35. The lowest BCUT2D eigenvalue weighted by Crippen LogP contribution is -2.28. The van der Waals surface area contributed by atoms with E-state index in [1.54, 1.807) is 12.1 Å². The van der Waals surface area contributed by atoms with Crippen molar-refractivity contribution in [2.24, 2.45) is 0 Å². The smallest absolute Gasteiger partial charge is 0.262 e. The third kappa shape index (κ3) is 4.65. The largest absolute Gasteiger partial charge is 0.495 e. The van der Waals surface area contributed by atoms with Crippen LogP contribution < -0.4 is 14.2 Å². The van der Waals surface area contributed by atoms with Gasteiger partial charge in [0.1, 0.15) is 11.5 Å². The number of hydrogen-bond donors (Lipinski definition) is 1. The molecule has 0 radical (unpaired) electrons. The Morgan fingerprint density at radius 2 is 1.59 bits per heavy atom. The van der Waals surface area contributed by atoms with Gasteiger partial charge in [-0.3, -0.25) is 4.72 Å². The molecule has 0 aliphatic carbocycles. The van der Waals surface area contributed by atoms with Gasteiger partial charge in [0.05, 0.1) is 29.2 Å². The lowest BCUT2D eigenvalue weighted by molar-refractivity contribution is 0.340. The van der Waals surface area contributed by atoms with Crippen LogP contribution in [0.2, 0.25) is 0 Å². The number of nitrogens with zero attached hydrogens (tertiary/aromatic N) is 1. The van der Waals surface area contributed by atoms with Gasteiger partial charge in [0.25, 0.3) is 10.0 Å². The van der Waals surface area contributed by atoms with Crippen LogP contribution in [0.4, 0.5) is 5.69 Å². The molecule has 158 valence electrons. The zero-order valence-electron chi connectivity index (χ0n) is 16.3. The van der Waals surface area contributed by atoms with Crippen molar-refractivity contribution in [2.75, 3.05) is 31.5 Å². The van der Waals surface area contributed by atoms with Crippen molar-refractivity contribution in [3.63, 3.8) is 0 Å². The minimum Gasteiger partial charge on any atom is -0.495 e. The van der Waals surface area contributed by atoms with Crippen molar-refractivity contribution in [2.45, 2.75) is 29.6 Å². The molecule has 2 aromatic carbocycles. The summed E-state index contributed by atoms with van der Waals surface area (Å²) in [5.74, 6) is 0.780. The average Bonchev–Trinajstić information content (AvgIpc) is 3.24. The van der Waals surface area contributed by atoms with Gasteiger partial charge in [-0.15, -0.1) is 0 Å². The van der Waals surface area contributed by atoms with Gasteiger partial charge >= 0.3 is 0 Å². The summed E-state index contributed by atoms with van der Waals surface area (Å²) in [5.41, 5.74) is 0.0571. The lowest BCUT2D eigenvalue weighted by Gasteiger charge is -2.18. The van der Waals surface area contributed by atoms with Gasteiger partial charge in [0.2, 0.25) is 10.0 Å². The van der Waals surface area contributed by atoms with E-state index < -0.39 is 20.0 Å². The van der Waals surface area contributed by atoms with Crippen LogP contribution in [-0.4, -0.2) is 47.9 Å². The maximum absolute atomic E-state index is 12.8. The van der Waals surface area contributed by atoms with Crippen LogP contribution in [0.1, 0.15) is 19.8 Å². The molecule has 1 saturated heterocycles. The number of benzene rings is 2. The van der Waals surface area contributed by atoms with Gasteiger partial charge < -0.3 is 9.47 Å². The Morgan fingerprint density at radius 3 is 2.17 bits per heavy atom. The molecular formula is C19H24N2O6S2. The normalized spacial score (nSPS) is 15.2. The van der Waals surface area contributed by atoms with E-state index in [0.717, 1.165) is 12.8 Å².